The zero-order valence-electron chi connectivity index (χ0n) is 17.3. The molecule has 4 rings (SSSR count). The fourth-order valence-electron chi connectivity index (χ4n) is 4.07. The van der Waals surface area contributed by atoms with Gasteiger partial charge in [0.25, 0.3) is 5.91 Å². The Balaban J connectivity index is 1.43. The van der Waals surface area contributed by atoms with Gasteiger partial charge in [-0.2, -0.15) is 0 Å². The van der Waals surface area contributed by atoms with Crippen LogP contribution in [0.25, 0.3) is 0 Å². The summed E-state index contributed by atoms with van der Waals surface area (Å²) in [6.07, 6.45) is 4.07. The summed E-state index contributed by atoms with van der Waals surface area (Å²) in [5.41, 5.74) is 2.47. The van der Waals surface area contributed by atoms with Crippen LogP contribution in [0.4, 0.5) is 15.8 Å². The zero-order chi connectivity index (χ0) is 21.8. The number of hydrogen-bond acceptors (Lipinski definition) is 3. The van der Waals surface area contributed by atoms with Crippen LogP contribution in [0.15, 0.2) is 66.9 Å². The molecule has 1 atom stereocenters. The maximum atomic E-state index is 13.1. The number of likely N-dealkylation sites (tertiary alicyclic amines) is 1. The van der Waals surface area contributed by atoms with Gasteiger partial charge in [0, 0.05) is 24.6 Å². The SMILES string of the molecule is Cn1cccc1C1CCCN1CC(=O)Nc1ccccc1C(=O)Nc1ccc(F)cc1. The van der Waals surface area contributed by atoms with Crippen molar-refractivity contribution in [3.05, 3.63) is 83.9 Å². The normalized spacial score (nSPS) is 16.3. The van der Waals surface area contributed by atoms with Crippen LogP contribution in [-0.2, 0) is 11.8 Å². The van der Waals surface area contributed by atoms with Crippen LogP contribution in [0.5, 0.6) is 0 Å². The number of nitrogens with zero attached hydrogens (tertiary/aromatic N) is 2. The minimum Gasteiger partial charge on any atom is -0.353 e. The second-order valence-corrected chi connectivity index (χ2v) is 7.73. The number of carbonyl (C=O) groups is 2. The van der Waals surface area contributed by atoms with Crippen molar-refractivity contribution in [3.63, 3.8) is 0 Å². The highest BCUT2D eigenvalue weighted by molar-refractivity contribution is 6.10. The van der Waals surface area contributed by atoms with E-state index in [1.165, 1.54) is 30.0 Å². The molecule has 1 aliphatic heterocycles. The Morgan fingerprint density at radius 3 is 2.55 bits per heavy atom. The first-order valence-corrected chi connectivity index (χ1v) is 10.3. The molecule has 1 unspecified atom stereocenters. The third-order valence-electron chi connectivity index (χ3n) is 5.58. The average Bonchev–Trinajstić information content (AvgIpc) is 3.38. The number of nitrogens with one attached hydrogen (secondary N) is 2. The average molecular weight is 420 g/mol. The third-order valence-corrected chi connectivity index (χ3v) is 5.58. The van der Waals surface area contributed by atoms with Crippen molar-refractivity contribution in [2.75, 3.05) is 23.7 Å². The lowest BCUT2D eigenvalue weighted by Gasteiger charge is -2.24. The Morgan fingerprint density at radius 1 is 1.03 bits per heavy atom. The summed E-state index contributed by atoms with van der Waals surface area (Å²) in [5.74, 6) is -0.908. The Morgan fingerprint density at radius 2 is 1.81 bits per heavy atom. The quantitative estimate of drug-likeness (QED) is 0.628. The molecule has 3 aromatic rings. The fourth-order valence-corrected chi connectivity index (χ4v) is 4.07. The predicted molar refractivity (Wildman–Crippen MR) is 118 cm³/mol. The molecule has 1 saturated heterocycles. The monoisotopic (exact) mass is 420 g/mol. The number of anilines is 2. The maximum absolute atomic E-state index is 13.1. The summed E-state index contributed by atoms with van der Waals surface area (Å²) in [4.78, 5) is 27.7. The van der Waals surface area contributed by atoms with E-state index in [1.807, 2.05) is 19.3 Å². The van der Waals surface area contributed by atoms with Gasteiger partial charge in [-0.15, -0.1) is 0 Å². The molecule has 31 heavy (non-hydrogen) atoms. The van der Waals surface area contributed by atoms with Crippen LogP contribution in [0.1, 0.15) is 34.9 Å². The van der Waals surface area contributed by atoms with Crippen molar-refractivity contribution in [1.82, 2.24) is 9.47 Å². The van der Waals surface area contributed by atoms with Gasteiger partial charge in [-0.25, -0.2) is 4.39 Å². The number of benzene rings is 2. The largest absolute Gasteiger partial charge is 0.353 e. The van der Waals surface area contributed by atoms with Crippen molar-refractivity contribution in [1.29, 1.82) is 0 Å². The molecular formula is C24H25FN4O2. The lowest BCUT2D eigenvalue weighted by Crippen LogP contribution is -2.34. The van der Waals surface area contributed by atoms with Crippen LogP contribution in [0.3, 0.4) is 0 Å². The molecule has 2 aromatic carbocycles. The van der Waals surface area contributed by atoms with Crippen LogP contribution < -0.4 is 10.6 Å². The second-order valence-electron chi connectivity index (χ2n) is 7.73. The van der Waals surface area contributed by atoms with Gasteiger partial charge in [0.05, 0.1) is 23.8 Å². The second kappa shape index (κ2) is 9.14. The van der Waals surface area contributed by atoms with Gasteiger partial charge in [-0.1, -0.05) is 12.1 Å². The first-order valence-electron chi connectivity index (χ1n) is 10.3. The highest BCUT2D eigenvalue weighted by atomic mass is 19.1. The van der Waals surface area contributed by atoms with Gasteiger partial charge < -0.3 is 15.2 Å². The summed E-state index contributed by atoms with van der Waals surface area (Å²) in [5, 5.41) is 5.62. The number of rotatable bonds is 6. The Labute approximate surface area is 180 Å². The summed E-state index contributed by atoms with van der Waals surface area (Å²) in [6, 6.07) is 16.7. The molecule has 0 radical (unpaired) electrons. The molecule has 2 heterocycles. The minimum absolute atomic E-state index is 0.164. The van der Waals surface area contributed by atoms with Gasteiger partial charge in [-0.3, -0.25) is 14.5 Å². The Bertz CT molecular complexity index is 1080. The van der Waals surface area contributed by atoms with Crippen LogP contribution >= 0.6 is 0 Å². The first kappa shape index (κ1) is 20.8. The molecule has 0 saturated carbocycles. The lowest BCUT2D eigenvalue weighted by molar-refractivity contribution is -0.117. The lowest BCUT2D eigenvalue weighted by atomic mass is 10.1. The van der Waals surface area contributed by atoms with Gasteiger partial charge in [0.15, 0.2) is 0 Å². The smallest absolute Gasteiger partial charge is 0.257 e. The Hall–Kier alpha value is -3.45. The van der Waals surface area contributed by atoms with E-state index in [4.69, 9.17) is 0 Å². The minimum atomic E-state index is -0.374. The first-order chi connectivity index (χ1) is 15.0. The zero-order valence-corrected chi connectivity index (χ0v) is 17.3. The summed E-state index contributed by atoms with van der Waals surface area (Å²) in [6.45, 7) is 1.11. The highest BCUT2D eigenvalue weighted by Crippen LogP contribution is 2.31. The molecule has 0 bridgehead atoms. The number of aryl methyl sites for hydroxylation is 1. The van der Waals surface area contributed by atoms with Gasteiger partial charge in [0.2, 0.25) is 5.91 Å². The van der Waals surface area contributed by atoms with E-state index >= 15 is 0 Å². The molecule has 1 fully saturated rings. The molecule has 0 spiro atoms. The molecule has 7 heteroatoms. The molecule has 6 nitrogen and oxygen atoms in total. The third kappa shape index (κ3) is 4.83. The Kier molecular flexibility index (Phi) is 6.13. The van der Waals surface area contributed by atoms with Gasteiger partial charge in [-0.05, 0) is 67.9 Å². The van der Waals surface area contributed by atoms with E-state index < -0.39 is 0 Å². The highest BCUT2D eigenvalue weighted by Gasteiger charge is 2.29. The van der Waals surface area contributed by atoms with E-state index in [2.05, 4.69) is 26.2 Å². The molecule has 1 aromatic heterocycles. The van der Waals surface area contributed by atoms with Crippen molar-refractivity contribution in [3.8, 4) is 0 Å². The van der Waals surface area contributed by atoms with Crippen molar-refractivity contribution < 1.29 is 14.0 Å². The molecule has 160 valence electrons. The van der Waals surface area contributed by atoms with Gasteiger partial charge in [0.1, 0.15) is 5.82 Å². The molecule has 2 amide bonds. The molecular weight excluding hydrogens is 395 g/mol. The standard InChI is InChI=1S/C24H25FN4O2/c1-28-14-4-8-21(28)22-9-5-15-29(22)16-23(30)27-20-7-3-2-6-19(20)24(31)26-18-12-10-17(25)11-13-18/h2-4,6-8,10-14,22H,5,9,15-16H2,1H3,(H,26,31)(H,27,30). The summed E-state index contributed by atoms with van der Waals surface area (Å²) < 4.78 is 15.2. The maximum Gasteiger partial charge on any atom is 0.257 e. The van der Waals surface area contributed by atoms with Gasteiger partial charge >= 0.3 is 0 Å². The molecule has 2 N–H and O–H groups in total. The number of halogens is 1. The van der Waals surface area contributed by atoms with Crippen molar-refractivity contribution in [2.24, 2.45) is 7.05 Å². The van der Waals surface area contributed by atoms with E-state index in [1.54, 1.807) is 24.3 Å². The van der Waals surface area contributed by atoms with Crippen LogP contribution in [-0.4, -0.2) is 34.4 Å². The van der Waals surface area contributed by atoms with Crippen molar-refractivity contribution >= 4 is 23.2 Å². The predicted octanol–water partition coefficient (Wildman–Crippen LogP) is 4.19. The van der Waals surface area contributed by atoms with E-state index in [9.17, 15) is 14.0 Å². The van der Waals surface area contributed by atoms with Crippen molar-refractivity contribution in [2.45, 2.75) is 18.9 Å². The molecule has 0 aliphatic carbocycles. The van der Waals surface area contributed by atoms with E-state index in [0.717, 1.165) is 19.4 Å². The van der Waals surface area contributed by atoms with E-state index in [-0.39, 0.29) is 30.2 Å². The number of amides is 2. The fraction of sp³-hybridized carbons (Fsp3) is 0.250. The number of para-hydroxylation sites is 1. The van der Waals surface area contributed by atoms with E-state index in [0.29, 0.717) is 16.9 Å². The summed E-state index contributed by atoms with van der Waals surface area (Å²) >= 11 is 0. The number of carbonyl (C=O) groups excluding carboxylic acids is 2. The number of aromatic nitrogens is 1. The van der Waals surface area contributed by atoms with Crippen LogP contribution in [0.2, 0.25) is 0 Å². The van der Waals surface area contributed by atoms with Crippen LogP contribution in [0, 0.1) is 5.82 Å². The summed E-state index contributed by atoms with van der Waals surface area (Å²) in [7, 11) is 2.02. The number of hydrogen-bond donors (Lipinski definition) is 2. The topological polar surface area (TPSA) is 66.4 Å². The molecule has 1 aliphatic rings.